The highest BCUT2D eigenvalue weighted by Gasteiger charge is 2.41. The van der Waals surface area contributed by atoms with Crippen LogP contribution in [0.4, 0.5) is 0 Å². The quantitative estimate of drug-likeness (QED) is 0.0167. The molecule has 2 aromatic rings. The summed E-state index contributed by atoms with van der Waals surface area (Å²) in [5, 5.41) is 75.4. The highest BCUT2D eigenvalue weighted by molar-refractivity contribution is 6.00. The lowest BCUT2D eigenvalue weighted by Gasteiger charge is -2.31. The molecular weight excluding hydrogens is 1310 g/mol. The lowest BCUT2D eigenvalue weighted by molar-refractivity contribution is -0.143. The fourth-order valence-electron chi connectivity index (χ4n) is 10.4. The van der Waals surface area contributed by atoms with Crippen molar-refractivity contribution in [3.63, 3.8) is 0 Å². The number of aliphatic carboxylic acids is 1. The number of amides is 13. The van der Waals surface area contributed by atoms with E-state index >= 15 is 0 Å². The van der Waals surface area contributed by atoms with Crippen molar-refractivity contribution in [3.8, 4) is 5.75 Å². The summed E-state index contributed by atoms with van der Waals surface area (Å²) in [7, 11) is 0. The van der Waals surface area contributed by atoms with Gasteiger partial charge in [0.2, 0.25) is 76.8 Å². The number of hydrogen-bond donors (Lipinski definition) is 20. The smallest absolute Gasteiger partial charge is 0.326 e. The van der Waals surface area contributed by atoms with Crippen LogP contribution in [-0.4, -0.2) is 225 Å². The van der Waals surface area contributed by atoms with Gasteiger partial charge in [0.15, 0.2) is 5.96 Å². The number of carboxylic acid groups (broad SMARTS) is 1. The molecule has 13 amide bonds. The van der Waals surface area contributed by atoms with Crippen molar-refractivity contribution in [1.82, 2.24) is 58.1 Å². The molecule has 1 aliphatic heterocycles. The topological polar surface area (TPSA) is 606 Å². The largest absolute Gasteiger partial charge is 0.508 e. The Kier molecular flexibility index (Phi) is 35.4. The van der Waals surface area contributed by atoms with E-state index in [9.17, 15) is 92.7 Å². The van der Waals surface area contributed by atoms with Crippen molar-refractivity contribution in [3.05, 3.63) is 65.7 Å². The van der Waals surface area contributed by atoms with Crippen molar-refractivity contribution >= 4 is 88.7 Å². The number of primary amides is 2. The summed E-state index contributed by atoms with van der Waals surface area (Å²) < 4.78 is 0. The molecule has 0 aliphatic carbocycles. The summed E-state index contributed by atoms with van der Waals surface area (Å²) in [5.74, 6) is -16.0. The molecule has 1 saturated heterocycles. The highest BCUT2D eigenvalue weighted by atomic mass is 16.4. The summed E-state index contributed by atoms with van der Waals surface area (Å²) in [6.45, 7) is 6.70. The van der Waals surface area contributed by atoms with E-state index in [0.717, 1.165) is 4.90 Å². The van der Waals surface area contributed by atoms with Gasteiger partial charge < -0.3 is 112 Å². The van der Waals surface area contributed by atoms with Crippen LogP contribution in [0.15, 0.2) is 59.6 Å². The number of rotatable bonds is 43. The first-order valence-electron chi connectivity index (χ1n) is 32.7. The van der Waals surface area contributed by atoms with E-state index in [-0.39, 0.29) is 88.0 Å². The molecule has 0 bridgehead atoms. The minimum absolute atomic E-state index is 0.0102. The van der Waals surface area contributed by atoms with Crippen LogP contribution in [0.5, 0.6) is 5.75 Å². The Hall–Kier alpha value is -10.1. The first-order chi connectivity index (χ1) is 47.1. The third-order valence-electron chi connectivity index (χ3n) is 15.8. The molecule has 0 aromatic heterocycles. The highest BCUT2D eigenvalue weighted by Crippen LogP contribution is 2.21. The fourth-order valence-corrected chi connectivity index (χ4v) is 10.4. The number of carboxylic acids is 1. The van der Waals surface area contributed by atoms with Gasteiger partial charge in [-0.15, -0.1) is 0 Å². The Labute approximate surface area is 578 Å². The Morgan fingerprint density at radius 2 is 0.920 bits per heavy atom. The van der Waals surface area contributed by atoms with Gasteiger partial charge in [0.05, 0.1) is 32.3 Å². The van der Waals surface area contributed by atoms with Gasteiger partial charge in [-0.05, 0) is 86.0 Å². The molecule has 1 fully saturated rings. The van der Waals surface area contributed by atoms with Gasteiger partial charge in [-0.1, -0.05) is 84.0 Å². The van der Waals surface area contributed by atoms with Crippen LogP contribution in [0, 0.1) is 17.8 Å². The molecule has 0 spiro atoms. The Morgan fingerprint density at radius 3 is 1.39 bits per heavy atom. The van der Waals surface area contributed by atoms with Gasteiger partial charge in [0.1, 0.15) is 72.2 Å². The van der Waals surface area contributed by atoms with Gasteiger partial charge in [0, 0.05) is 32.4 Å². The van der Waals surface area contributed by atoms with E-state index in [1.165, 1.54) is 24.3 Å². The van der Waals surface area contributed by atoms with Gasteiger partial charge in [0.25, 0.3) is 0 Å². The molecule has 25 N–H and O–H groups in total. The zero-order valence-electron chi connectivity index (χ0n) is 56.9. The van der Waals surface area contributed by atoms with Gasteiger partial charge in [-0.25, -0.2) is 4.79 Å². The second kappa shape index (κ2) is 42.0. The first-order valence-corrected chi connectivity index (χ1v) is 32.7. The molecular formula is C64H99N17O19. The average Bonchev–Trinajstić information content (AvgIpc) is 1.58. The van der Waals surface area contributed by atoms with Crippen molar-refractivity contribution in [1.29, 1.82) is 0 Å². The number of nitrogens with zero attached hydrogens (tertiary/aromatic N) is 2. The third kappa shape index (κ3) is 28.8. The number of carbonyl (C=O) groups is 14. The molecule has 2 aromatic carbocycles. The third-order valence-corrected chi connectivity index (χ3v) is 15.8. The molecule has 12 atom stereocenters. The maximum atomic E-state index is 14.6. The number of nitrogens with one attached hydrogen (secondary N) is 10. The van der Waals surface area contributed by atoms with E-state index < -0.39 is 200 Å². The van der Waals surface area contributed by atoms with Crippen LogP contribution in [0.1, 0.15) is 110 Å². The second-order valence-corrected chi connectivity index (χ2v) is 25.4. The van der Waals surface area contributed by atoms with Gasteiger partial charge in [-0.2, -0.15) is 0 Å². The van der Waals surface area contributed by atoms with E-state index in [4.69, 9.17) is 28.7 Å². The number of aliphatic imine (C=N–C) groups is 1. The summed E-state index contributed by atoms with van der Waals surface area (Å²) in [6.07, 6.45) is -2.08. The van der Waals surface area contributed by atoms with Crippen LogP contribution >= 0.6 is 0 Å². The number of guanidine groups is 1. The normalized spacial score (nSPS) is 16.0. The number of likely N-dealkylation sites (tertiary alicyclic amines) is 1. The monoisotopic (exact) mass is 1410 g/mol. The van der Waals surface area contributed by atoms with Crippen LogP contribution in [0.2, 0.25) is 0 Å². The fraction of sp³-hybridized carbons (Fsp3) is 0.578. The molecule has 36 nitrogen and oxygen atoms in total. The zero-order valence-corrected chi connectivity index (χ0v) is 56.9. The summed E-state index contributed by atoms with van der Waals surface area (Å²) in [4.78, 5) is 194. The minimum Gasteiger partial charge on any atom is -0.508 e. The Balaban J connectivity index is 1.86. The lowest BCUT2D eigenvalue weighted by Crippen LogP contribution is -2.62. The molecule has 0 unspecified atom stereocenters. The SMILES string of the molecule is CC(C)C[C@H](NC(=O)[C@H](Cc1ccc(O)cc1)NC(=O)[C@@H]1CCCN1C(=O)[C@H](CO)NC(=O)[C@H](CC(C)C)NC(=O)[C@H](CO)NC(=O)[C@H](CCC(N)=O)NC(=O)[C@H](CO)NC(=O)[C@H](CC(N)=O)NC(=O)[C@@H](N)C(C)C)C(=O)N[C@@H](Cc1ccccc1)C(=O)N[C@@H](CCCN=C(N)N)C(=O)O. The van der Waals surface area contributed by atoms with Crippen LogP contribution in [0.25, 0.3) is 0 Å². The van der Waals surface area contributed by atoms with Gasteiger partial charge >= 0.3 is 5.97 Å². The number of phenols is 1. The summed E-state index contributed by atoms with van der Waals surface area (Å²) in [6, 6.07) is -4.57. The van der Waals surface area contributed by atoms with Crippen molar-refractivity contribution in [2.45, 2.75) is 185 Å². The Morgan fingerprint density at radius 1 is 0.500 bits per heavy atom. The number of carbonyl (C=O) groups excluding carboxylic acids is 13. The standard InChI is InChI=1S/C64H99N17O19/c1-32(2)24-40(53(89)75-42(26-35-12-8-7-9-13-35)55(91)72-39(63(99)100)14-10-22-70-64(68)69)73-56(92)43(27-36-16-18-37(85)19-17-36)76-60(96)48-15-11-23-81(48)62(98)47(31-84)80-54(90)41(25-33(3)4)74-59(95)46(30-83)78-52(88)38(20-21-49(65)86)71-58(94)45(29-82)79-57(93)44(28-50(66)87)77-61(97)51(67)34(5)6/h7-9,12-13,16-19,32-34,38-48,51,82-85H,10-11,14-15,20-31,67H2,1-6H3,(H2,65,86)(H2,66,87)(H,71,94)(H,72,91)(H,73,92)(H,74,95)(H,75,89)(H,76,96)(H,77,97)(H,78,88)(H,79,93)(H,80,90)(H,99,100)(H4,68,69,70)/t38-,39-,40-,41-,42-,43-,44-,45-,46-,47-,48-,51-/m0/s1. The van der Waals surface area contributed by atoms with Crippen molar-refractivity contribution in [2.24, 2.45) is 51.4 Å². The summed E-state index contributed by atoms with van der Waals surface area (Å²) >= 11 is 0. The maximum Gasteiger partial charge on any atom is 0.326 e. The molecule has 0 saturated carbocycles. The molecule has 0 radical (unpaired) electrons. The van der Waals surface area contributed by atoms with Crippen LogP contribution in [0.3, 0.4) is 0 Å². The number of aliphatic hydroxyl groups excluding tert-OH is 3. The predicted molar refractivity (Wildman–Crippen MR) is 359 cm³/mol. The number of phenolic OH excluding ortho intramolecular Hbond substituents is 1. The predicted octanol–water partition coefficient (Wildman–Crippen LogP) is -6.65. The summed E-state index contributed by atoms with van der Waals surface area (Å²) in [5.41, 5.74) is 28.3. The Bertz CT molecular complexity index is 3170. The maximum absolute atomic E-state index is 14.6. The van der Waals surface area contributed by atoms with E-state index in [2.05, 4.69) is 58.2 Å². The first kappa shape index (κ1) is 84.2. The second-order valence-electron chi connectivity index (χ2n) is 25.4. The minimum atomic E-state index is -1.90. The molecule has 36 heteroatoms. The number of nitrogens with two attached hydrogens (primary N) is 5. The molecule has 3 rings (SSSR count). The van der Waals surface area contributed by atoms with Crippen molar-refractivity contribution in [2.75, 3.05) is 32.9 Å². The van der Waals surface area contributed by atoms with E-state index in [1.54, 1.807) is 71.9 Å². The number of aromatic hydroxyl groups is 1. The van der Waals surface area contributed by atoms with Crippen LogP contribution < -0.4 is 81.8 Å². The average molecular weight is 1410 g/mol. The number of benzene rings is 2. The van der Waals surface area contributed by atoms with E-state index in [1.807, 2.05) is 0 Å². The zero-order chi connectivity index (χ0) is 75.1. The van der Waals surface area contributed by atoms with Crippen LogP contribution in [-0.2, 0) is 80.0 Å². The van der Waals surface area contributed by atoms with Crippen molar-refractivity contribution < 1.29 is 92.7 Å². The van der Waals surface area contributed by atoms with Gasteiger partial charge in [-0.3, -0.25) is 67.3 Å². The molecule has 554 valence electrons. The number of aliphatic hydroxyl groups is 3. The number of hydrogen-bond acceptors (Lipinski definition) is 20. The van der Waals surface area contributed by atoms with E-state index in [0.29, 0.717) is 11.1 Å². The molecule has 100 heavy (non-hydrogen) atoms. The molecule has 1 aliphatic rings. The lowest BCUT2D eigenvalue weighted by atomic mass is 9.99. The molecule has 1 heterocycles.